The molecule has 0 aliphatic carbocycles. The molecule has 2 rings (SSSR count). The number of ether oxygens (including phenoxy) is 1. The molecule has 126 valence electrons. The van der Waals surface area contributed by atoms with Crippen molar-refractivity contribution >= 4 is 17.6 Å². The Bertz CT molecular complexity index is 752. The lowest BCUT2D eigenvalue weighted by atomic mass is 10.1. The van der Waals surface area contributed by atoms with E-state index < -0.39 is 12.1 Å². The number of nitrogens with one attached hydrogen (secondary N) is 1. The minimum atomic E-state index is -0.873. The first-order valence-electron chi connectivity index (χ1n) is 8.09. The maximum atomic E-state index is 12.4. The third-order valence-electron chi connectivity index (χ3n) is 3.90. The minimum absolute atomic E-state index is 0.333. The minimum Gasteiger partial charge on any atom is -0.449 e. The van der Waals surface area contributed by atoms with Gasteiger partial charge in [0.15, 0.2) is 6.10 Å². The predicted molar refractivity (Wildman–Crippen MR) is 95.2 cm³/mol. The second kappa shape index (κ2) is 7.77. The Hall–Kier alpha value is -2.62. The van der Waals surface area contributed by atoms with Gasteiger partial charge < -0.3 is 10.1 Å². The average Bonchev–Trinajstić information content (AvgIpc) is 2.56. The van der Waals surface area contributed by atoms with Crippen LogP contribution in [-0.2, 0) is 16.0 Å². The summed E-state index contributed by atoms with van der Waals surface area (Å²) in [6, 6.07) is 13.0. The molecule has 4 heteroatoms. The first-order chi connectivity index (χ1) is 11.4. The van der Waals surface area contributed by atoms with Gasteiger partial charge in [-0.15, -0.1) is 0 Å². The quantitative estimate of drug-likeness (QED) is 0.844. The number of carbonyl (C=O) groups is 2. The molecule has 0 aromatic heterocycles. The van der Waals surface area contributed by atoms with Crippen molar-refractivity contribution in [3.63, 3.8) is 0 Å². The molecule has 0 aliphatic rings. The van der Waals surface area contributed by atoms with Gasteiger partial charge in [-0.05, 0) is 50.5 Å². The number of anilines is 1. The smallest absolute Gasteiger partial charge is 0.338 e. The summed E-state index contributed by atoms with van der Waals surface area (Å²) in [7, 11) is 0. The highest BCUT2D eigenvalue weighted by atomic mass is 16.5. The highest BCUT2D eigenvalue weighted by Gasteiger charge is 2.20. The highest BCUT2D eigenvalue weighted by molar-refractivity contribution is 5.98. The number of carbonyl (C=O) groups excluding carboxylic acids is 2. The molecule has 0 unspecified atom stereocenters. The van der Waals surface area contributed by atoms with Crippen LogP contribution in [0.2, 0.25) is 0 Å². The summed E-state index contributed by atoms with van der Waals surface area (Å²) in [6.07, 6.45) is -0.0586. The molecule has 0 fully saturated rings. The van der Waals surface area contributed by atoms with E-state index in [2.05, 4.69) is 5.32 Å². The van der Waals surface area contributed by atoms with E-state index in [0.29, 0.717) is 5.56 Å². The molecule has 1 atom stereocenters. The van der Waals surface area contributed by atoms with Crippen LogP contribution in [0.4, 0.5) is 5.69 Å². The number of rotatable bonds is 5. The van der Waals surface area contributed by atoms with Crippen molar-refractivity contribution in [2.24, 2.45) is 0 Å². The van der Waals surface area contributed by atoms with Gasteiger partial charge in [-0.3, -0.25) is 4.79 Å². The van der Waals surface area contributed by atoms with Gasteiger partial charge >= 0.3 is 5.97 Å². The summed E-state index contributed by atoms with van der Waals surface area (Å²) in [5.41, 5.74) is 4.25. The Morgan fingerprint density at radius 1 is 1.12 bits per heavy atom. The fourth-order valence-electron chi connectivity index (χ4n) is 2.48. The summed E-state index contributed by atoms with van der Waals surface area (Å²) >= 11 is 0. The lowest BCUT2D eigenvalue weighted by Crippen LogP contribution is -2.30. The molecule has 2 aromatic carbocycles. The van der Waals surface area contributed by atoms with E-state index in [4.69, 9.17) is 4.74 Å². The van der Waals surface area contributed by atoms with Gasteiger partial charge in [-0.1, -0.05) is 42.8 Å². The zero-order valence-electron chi connectivity index (χ0n) is 14.6. The van der Waals surface area contributed by atoms with Crippen LogP contribution < -0.4 is 5.32 Å². The fourth-order valence-corrected chi connectivity index (χ4v) is 2.48. The van der Waals surface area contributed by atoms with Crippen molar-refractivity contribution < 1.29 is 14.3 Å². The monoisotopic (exact) mass is 325 g/mol. The van der Waals surface area contributed by atoms with E-state index in [1.165, 1.54) is 0 Å². The lowest BCUT2D eigenvalue weighted by Gasteiger charge is -2.17. The Morgan fingerprint density at radius 2 is 1.83 bits per heavy atom. The van der Waals surface area contributed by atoms with Crippen LogP contribution in [-0.4, -0.2) is 18.0 Å². The van der Waals surface area contributed by atoms with E-state index in [1.807, 2.05) is 45.0 Å². The van der Waals surface area contributed by atoms with Gasteiger partial charge in [0.1, 0.15) is 0 Å². The van der Waals surface area contributed by atoms with Gasteiger partial charge in [0.25, 0.3) is 5.91 Å². The van der Waals surface area contributed by atoms with Gasteiger partial charge in [-0.25, -0.2) is 4.79 Å². The molecule has 0 radical (unpaired) electrons. The summed E-state index contributed by atoms with van der Waals surface area (Å²) in [5.74, 6) is -0.832. The standard InChI is InChI=1S/C20H23NO3/c1-5-16-10-7-9-14(3)18(16)21-19(22)15(4)24-20(23)17-11-6-8-13(2)12-17/h6-12,15H,5H2,1-4H3,(H,21,22)/t15-/m1/s1. The molecule has 0 saturated carbocycles. The number of esters is 1. The van der Waals surface area contributed by atoms with Crippen LogP contribution in [0.3, 0.4) is 0 Å². The molecule has 0 spiro atoms. The molecule has 0 saturated heterocycles. The number of aryl methyl sites for hydroxylation is 3. The highest BCUT2D eigenvalue weighted by Crippen LogP contribution is 2.21. The topological polar surface area (TPSA) is 55.4 Å². The second-order valence-electron chi connectivity index (χ2n) is 5.87. The average molecular weight is 325 g/mol. The maximum Gasteiger partial charge on any atom is 0.338 e. The van der Waals surface area contributed by atoms with E-state index in [1.54, 1.807) is 25.1 Å². The van der Waals surface area contributed by atoms with Crippen molar-refractivity contribution in [1.29, 1.82) is 0 Å². The molecular weight excluding hydrogens is 302 g/mol. The van der Waals surface area contributed by atoms with Gasteiger partial charge in [0, 0.05) is 5.69 Å². The van der Waals surface area contributed by atoms with Crippen molar-refractivity contribution in [3.8, 4) is 0 Å². The van der Waals surface area contributed by atoms with Crippen molar-refractivity contribution in [1.82, 2.24) is 0 Å². The molecule has 24 heavy (non-hydrogen) atoms. The normalized spacial score (nSPS) is 11.7. The Labute approximate surface area is 142 Å². The van der Waals surface area contributed by atoms with Crippen LogP contribution in [0, 0.1) is 13.8 Å². The van der Waals surface area contributed by atoms with E-state index >= 15 is 0 Å². The molecule has 4 nitrogen and oxygen atoms in total. The third-order valence-corrected chi connectivity index (χ3v) is 3.90. The zero-order chi connectivity index (χ0) is 17.7. The van der Waals surface area contributed by atoms with Crippen molar-refractivity contribution in [2.75, 3.05) is 5.32 Å². The van der Waals surface area contributed by atoms with E-state index in [9.17, 15) is 9.59 Å². The Morgan fingerprint density at radius 3 is 2.50 bits per heavy atom. The summed E-state index contributed by atoms with van der Waals surface area (Å²) in [5, 5.41) is 2.88. The third kappa shape index (κ3) is 4.22. The van der Waals surface area contributed by atoms with Crippen LogP contribution >= 0.6 is 0 Å². The summed E-state index contributed by atoms with van der Waals surface area (Å²) in [6.45, 7) is 7.45. The van der Waals surface area contributed by atoms with Crippen molar-refractivity contribution in [3.05, 3.63) is 64.7 Å². The maximum absolute atomic E-state index is 12.4. The lowest BCUT2D eigenvalue weighted by molar-refractivity contribution is -0.123. The molecule has 1 N–H and O–H groups in total. The molecule has 0 heterocycles. The molecular formula is C20H23NO3. The van der Waals surface area contributed by atoms with E-state index in [-0.39, 0.29) is 5.91 Å². The fraction of sp³-hybridized carbons (Fsp3) is 0.300. The number of benzene rings is 2. The van der Waals surface area contributed by atoms with Gasteiger partial charge in [0.2, 0.25) is 0 Å². The first kappa shape index (κ1) is 17.7. The van der Waals surface area contributed by atoms with Crippen molar-refractivity contribution in [2.45, 2.75) is 40.2 Å². The largest absolute Gasteiger partial charge is 0.449 e. The number of amides is 1. The molecule has 2 aromatic rings. The number of hydrogen-bond acceptors (Lipinski definition) is 3. The molecule has 0 aliphatic heterocycles. The zero-order valence-corrected chi connectivity index (χ0v) is 14.6. The van der Waals surface area contributed by atoms with Gasteiger partial charge in [-0.2, -0.15) is 0 Å². The summed E-state index contributed by atoms with van der Waals surface area (Å²) in [4.78, 5) is 24.5. The second-order valence-corrected chi connectivity index (χ2v) is 5.87. The predicted octanol–water partition coefficient (Wildman–Crippen LogP) is 4.05. The van der Waals surface area contributed by atoms with Gasteiger partial charge in [0.05, 0.1) is 5.56 Å². The Balaban J connectivity index is 2.06. The van der Waals surface area contributed by atoms with Crippen LogP contribution in [0.25, 0.3) is 0 Å². The van der Waals surface area contributed by atoms with Crippen LogP contribution in [0.15, 0.2) is 42.5 Å². The van der Waals surface area contributed by atoms with Crippen LogP contribution in [0.5, 0.6) is 0 Å². The summed E-state index contributed by atoms with van der Waals surface area (Å²) < 4.78 is 5.29. The van der Waals surface area contributed by atoms with E-state index in [0.717, 1.165) is 28.8 Å². The molecule has 0 bridgehead atoms. The number of hydrogen-bond donors (Lipinski definition) is 1. The Kier molecular flexibility index (Phi) is 5.74. The molecule has 1 amide bonds. The first-order valence-corrected chi connectivity index (χ1v) is 8.09. The SMILES string of the molecule is CCc1cccc(C)c1NC(=O)[C@@H](C)OC(=O)c1cccc(C)c1. The number of para-hydroxylation sites is 1. The van der Waals surface area contributed by atoms with Crippen LogP contribution in [0.1, 0.15) is 40.9 Å².